The van der Waals surface area contributed by atoms with Gasteiger partial charge in [-0.15, -0.1) is 0 Å². The Morgan fingerprint density at radius 3 is 2.84 bits per heavy atom. The molecule has 96 valence electrons. The van der Waals surface area contributed by atoms with Crippen LogP contribution in [0, 0.1) is 0 Å². The van der Waals surface area contributed by atoms with Gasteiger partial charge in [-0.25, -0.2) is 0 Å². The predicted octanol–water partition coefficient (Wildman–Crippen LogP) is 3.22. The first-order valence-electron chi connectivity index (χ1n) is 6.16. The van der Waals surface area contributed by atoms with Gasteiger partial charge >= 0.3 is 0 Å². The number of benzene rings is 1. The van der Waals surface area contributed by atoms with Gasteiger partial charge in [0.2, 0.25) is 0 Å². The van der Waals surface area contributed by atoms with E-state index in [1.54, 1.807) is 12.5 Å². The number of ether oxygens (including phenoxy) is 1. The largest absolute Gasteiger partial charge is 0.491 e. The summed E-state index contributed by atoms with van der Waals surface area (Å²) in [4.78, 5) is 0. The Balaban J connectivity index is 1.71. The summed E-state index contributed by atoms with van der Waals surface area (Å²) in [6.45, 7) is 1.29. The molecule has 0 aliphatic carbocycles. The van der Waals surface area contributed by atoms with E-state index in [-0.39, 0.29) is 0 Å². The zero-order chi connectivity index (χ0) is 12.9. The third-order valence-electron chi connectivity index (χ3n) is 2.81. The fraction of sp³-hybridized carbons (Fsp3) is 0.133. The monoisotopic (exact) mass is 254 g/mol. The molecule has 0 fully saturated rings. The highest BCUT2D eigenvalue weighted by Crippen LogP contribution is 2.29. The second-order valence-corrected chi connectivity index (χ2v) is 4.09. The third-order valence-corrected chi connectivity index (χ3v) is 2.81. The van der Waals surface area contributed by atoms with Crippen molar-refractivity contribution in [2.75, 3.05) is 6.61 Å². The van der Waals surface area contributed by atoms with Gasteiger partial charge in [-0.3, -0.25) is 4.68 Å². The van der Waals surface area contributed by atoms with E-state index in [4.69, 9.17) is 9.15 Å². The highest BCUT2D eigenvalue weighted by atomic mass is 16.5. The lowest BCUT2D eigenvalue weighted by molar-refractivity contribution is 0.292. The molecule has 19 heavy (non-hydrogen) atoms. The van der Waals surface area contributed by atoms with Crippen LogP contribution in [0.2, 0.25) is 0 Å². The Kier molecular flexibility index (Phi) is 3.32. The lowest BCUT2D eigenvalue weighted by Crippen LogP contribution is -2.08. The van der Waals surface area contributed by atoms with E-state index in [9.17, 15) is 0 Å². The molecule has 0 aliphatic rings. The molecule has 0 amide bonds. The van der Waals surface area contributed by atoms with Crippen LogP contribution < -0.4 is 4.74 Å². The van der Waals surface area contributed by atoms with Crippen molar-refractivity contribution in [3.8, 4) is 17.1 Å². The number of nitrogens with zero attached hydrogens (tertiary/aromatic N) is 2. The van der Waals surface area contributed by atoms with Crippen molar-refractivity contribution in [3.05, 3.63) is 61.1 Å². The second-order valence-electron chi connectivity index (χ2n) is 4.09. The van der Waals surface area contributed by atoms with Gasteiger partial charge in [-0.1, -0.05) is 12.1 Å². The van der Waals surface area contributed by atoms with Crippen molar-refractivity contribution in [1.82, 2.24) is 9.78 Å². The molecular weight excluding hydrogens is 240 g/mol. The summed E-state index contributed by atoms with van der Waals surface area (Å²) >= 11 is 0. The molecule has 2 aromatic heterocycles. The van der Waals surface area contributed by atoms with Gasteiger partial charge in [0, 0.05) is 12.4 Å². The van der Waals surface area contributed by atoms with Crippen LogP contribution in [0.3, 0.4) is 0 Å². The zero-order valence-electron chi connectivity index (χ0n) is 10.4. The zero-order valence-corrected chi connectivity index (χ0v) is 10.4. The van der Waals surface area contributed by atoms with Crippen molar-refractivity contribution in [3.63, 3.8) is 0 Å². The van der Waals surface area contributed by atoms with E-state index in [1.807, 2.05) is 53.3 Å². The van der Waals surface area contributed by atoms with E-state index in [2.05, 4.69) is 5.10 Å². The number of para-hydroxylation sites is 1. The van der Waals surface area contributed by atoms with Crippen LogP contribution >= 0.6 is 0 Å². The molecule has 1 aromatic carbocycles. The Morgan fingerprint density at radius 2 is 2.05 bits per heavy atom. The van der Waals surface area contributed by atoms with E-state index >= 15 is 0 Å². The molecule has 3 rings (SSSR count). The van der Waals surface area contributed by atoms with Crippen molar-refractivity contribution in [1.29, 1.82) is 0 Å². The fourth-order valence-corrected chi connectivity index (χ4v) is 1.91. The van der Waals surface area contributed by atoms with Gasteiger partial charge in [0.15, 0.2) is 0 Å². The molecular formula is C15H14N2O2. The molecule has 0 radical (unpaired) electrons. The summed E-state index contributed by atoms with van der Waals surface area (Å²) in [7, 11) is 0. The Morgan fingerprint density at radius 1 is 1.11 bits per heavy atom. The van der Waals surface area contributed by atoms with Crippen LogP contribution in [0.15, 0.2) is 65.5 Å². The number of furan rings is 1. The van der Waals surface area contributed by atoms with Crippen LogP contribution in [-0.2, 0) is 6.54 Å². The maximum atomic E-state index is 5.81. The van der Waals surface area contributed by atoms with Crippen LogP contribution in [0.5, 0.6) is 5.75 Å². The molecule has 0 N–H and O–H groups in total. The van der Waals surface area contributed by atoms with Crippen molar-refractivity contribution >= 4 is 0 Å². The fourth-order valence-electron chi connectivity index (χ4n) is 1.91. The minimum atomic E-state index is 0.569. The van der Waals surface area contributed by atoms with E-state index in [0.717, 1.165) is 23.6 Å². The van der Waals surface area contributed by atoms with Gasteiger partial charge in [0.1, 0.15) is 18.1 Å². The van der Waals surface area contributed by atoms with E-state index in [0.29, 0.717) is 6.61 Å². The molecule has 0 aliphatic heterocycles. The minimum absolute atomic E-state index is 0.569. The molecule has 0 unspecified atom stereocenters. The molecule has 2 heterocycles. The summed E-state index contributed by atoms with van der Waals surface area (Å²) in [5.41, 5.74) is 0.966. The second kappa shape index (κ2) is 5.44. The first-order chi connectivity index (χ1) is 9.43. The quantitative estimate of drug-likeness (QED) is 0.701. The topological polar surface area (TPSA) is 40.2 Å². The van der Waals surface area contributed by atoms with E-state index in [1.165, 1.54) is 0 Å². The molecule has 4 heteroatoms. The van der Waals surface area contributed by atoms with Crippen LogP contribution in [0.1, 0.15) is 0 Å². The standard InChI is InChI=1S/C15H14N2O2/c1-2-6-14(13(5-1)15-7-3-11-18-15)19-12-10-17-9-4-8-16-17/h1-9,11H,10,12H2. The van der Waals surface area contributed by atoms with Gasteiger partial charge in [-0.2, -0.15) is 5.10 Å². The maximum absolute atomic E-state index is 5.81. The average molecular weight is 254 g/mol. The SMILES string of the molecule is c1coc(-c2ccccc2OCCn2cccn2)c1. The van der Waals surface area contributed by atoms with Crippen molar-refractivity contribution < 1.29 is 9.15 Å². The van der Waals surface area contributed by atoms with Crippen molar-refractivity contribution in [2.24, 2.45) is 0 Å². The summed E-state index contributed by atoms with van der Waals surface area (Å²) in [6, 6.07) is 13.6. The summed E-state index contributed by atoms with van der Waals surface area (Å²) in [5, 5.41) is 4.14. The normalized spacial score (nSPS) is 10.5. The van der Waals surface area contributed by atoms with Gasteiger partial charge in [-0.05, 0) is 30.3 Å². The van der Waals surface area contributed by atoms with Gasteiger partial charge in [0.05, 0.1) is 18.4 Å². The lowest BCUT2D eigenvalue weighted by atomic mass is 10.1. The number of hydrogen-bond acceptors (Lipinski definition) is 3. The first-order valence-corrected chi connectivity index (χ1v) is 6.16. The van der Waals surface area contributed by atoms with Crippen LogP contribution in [0.4, 0.5) is 0 Å². The molecule has 0 spiro atoms. The molecule has 0 saturated carbocycles. The average Bonchev–Trinajstić information content (AvgIpc) is 3.12. The maximum Gasteiger partial charge on any atom is 0.137 e. The predicted molar refractivity (Wildman–Crippen MR) is 71.9 cm³/mol. The summed E-state index contributed by atoms with van der Waals surface area (Å²) in [6.07, 6.45) is 5.34. The molecule has 0 atom stereocenters. The van der Waals surface area contributed by atoms with Crippen molar-refractivity contribution in [2.45, 2.75) is 6.54 Å². The number of hydrogen-bond donors (Lipinski definition) is 0. The van der Waals surface area contributed by atoms with Crippen LogP contribution in [-0.4, -0.2) is 16.4 Å². The highest BCUT2D eigenvalue weighted by molar-refractivity contribution is 5.65. The minimum Gasteiger partial charge on any atom is -0.491 e. The Bertz CT molecular complexity index is 615. The molecule has 0 bridgehead atoms. The molecule has 0 saturated heterocycles. The highest BCUT2D eigenvalue weighted by Gasteiger charge is 2.07. The van der Waals surface area contributed by atoms with Gasteiger partial charge in [0.25, 0.3) is 0 Å². The smallest absolute Gasteiger partial charge is 0.137 e. The van der Waals surface area contributed by atoms with Crippen LogP contribution in [0.25, 0.3) is 11.3 Å². The summed E-state index contributed by atoms with van der Waals surface area (Å²) in [5.74, 6) is 1.64. The van der Waals surface area contributed by atoms with Gasteiger partial charge < -0.3 is 9.15 Å². The lowest BCUT2D eigenvalue weighted by Gasteiger charge is -2.09. The molecule has 4 nitrogen and oxygen atoms in total. The van der Waals surface area contributed by atoms with E-state index < -0.39 is 0 Å². The molecule has 3 aromatic rings. The number of aromatic nitrogens is 2. The Hall–Kier alpha value is -2.49. The Labute approximate surface area is 111 Å². The first kappa shape index (κ1) is 11.6. The third kappa shape index (κ3) is 2.68. The number of rotatable bonds is 5. The summed E-state index contributed by atoms with van der Waals surface area (Å²) < 4.78 is 13.1.